The summed E-state index contributed by atoms with van der Waals surface area (Å²) in [5.74, 6) is -0.172. The Morgan fingerprint density at radius 2 is 1.32 bits per heavy atom. The molecule has 0 fully saturated rings. The number of aromatic nitrogens is 1. The van der Waals surface area contributed by atoms with Crippen molar-refractivity contribution in [1.82, 2.24) is 4.98 Å². The largest absolute Gasteiger partial charge is 0.506 e. The first-order valence-electron chi connectivity index (χ1n) is 15.2. The van der Waals surface area contributed by atoms with Gasteiger partial charge in [-0.25, -0.2) is 4.99 Å². The van der Waals surface area contributed by atoms with E-state index in [1.54, 1.807) is 22.7 Å². The number of fused-ring (bicyclic) bond motifs is 2. The Morgan fingerprint density at radius 3 is 1.82 bits per heavy atom. The van der Waals surface area contributed by atoms with Gasteiger partial charge in [-0.05, 0) is 87.4 Å². The van der Waals surface area contributed by atoms with Gasteiger partial charge in [-0.1, -0.05) is 24.3 Å². The average molecular weight is 619 g/mol. The second-order valence-electron chi connectivity index (χ2n) is 10.9. The summed E-state index contributed by atoms with van der Waals surface area (Å²) in [5.41, 5.74) is 7.51. The summed E-state index contributed by atoms with van der Waals surface area (Å²) in [7, 11) is 0. The van der Waals surface area contributed by atoms with Crippen molar-refractivity contribution < 1.29 is 9.90 Å². The summed E-state index contributed by atoms with van der Waals surface area (Å²) in [6.07, 6.45) is 1.92. The van der Waals surface area contributed by atoms with E-state index in [1.165, 1.54) is 11.4 Å². The molecule has 0 radical (unpaired) electrons. The van der Waals surface area contributed by atoms with Gasteiger partial charge in [0, 0.05) is 47.3 Å². The normalized spacial score (nSPS) is 15.8. The molecule has 0 atom stereocenters. The molecule has 2 aromatic carbocycles. The summed E-state index contributed by atoms with van der Waals surface area (Å²) >= 11 is 3.33. The van der Waals surface area contributed by atoms with Crippen LogP contribution in [0, 0.1) is 0 Å². The number of hydrogen-bond donors (Lipinski definition) is 2. The first-order chi connectivity index (χ1) is 21.4. The summed E-state index contributed by atoms with van der Waals surface area (Å²) < 4.78 is 2.05. The third kappa shape index (κ3) is 4.69. The van der Waals surface area contributed by atoms with E-state index in [-0.39, 0.29) is 11.5 Å². The molecule has 0 saturated carbocycles. The number of aromatic amines is 1. The van der Waals surface area contributed by atoms with Gasteiger partial charge >= 0.3 is 0 Å². The van der Waals surface area contributed by atoms with Crippen molar-refractivity contribution in [2.75, 3.05) is 36.0 Å². The molecule has 7 rings (SSSR count). The van der Waals surface area contributed by atoms with Gasteiger partial charge in [0.15, 0.2) is 0 Å². The van der Waals surface area contributed by atoms with Crippen LogP contribution in [0.4, 0.5) is 11.4 Å². The molecule has 1 aliphatic carbocycles. The van der Waals surface area contributed by atoms with Crippen LogP contribution >= 0.6 is 22.7 Å². The number of rotatable bonds is 9. The smallest absolute Gasteiger partial charge is 0.204 e. The number of aliphatic hydroxyl groups is 1. The number of nitrogens with one attached hydrogen (secondary N) is 1. The molecule has 3 aromatic heterocycles. The number of anilines is 2. The van der Waals surface area contributed by atoms with Gasteiger partial charge < -0.3 is 19.9 Å². The summed E-state index contributed by atoms with van der Waals surface area (Å²) in [4.78, 5) is 28.3. The number of hydrogen-bond acceptors (Lipinski definition) is 7. The van der Waals surface area contributed by atoms with Crippen molar-refractivity contribution >= 4 is 61.7 Å². The van der Waals surface area contributed by atoms with Crippen LogP contribution in [0.2, 0.25) is 0 Å². The van der Waals surface area contributed by atoms with Crippen LogP contribution in [0.1, 0.15) is 33.4 Å². The molecule has 44 heavy (non-hydrogen) atoms. The van der Waals surface area contributed by atoms with Crippen molar-refractivity contribution in [2.45, 2.75) is 27.7 Å². The minimum absolute atomic E-state index is 0.00786. The lowest BCUT2D eigenvalue weighted by atomic mass is 9.85. The molecule has 1 aliphatic heterocycles. The zero-order valence-corrected chi connectivity index (χ0v) is 26.9. The van der Waals surface area contributed by atoms with Crippen LogP contribution in [0.15, 0.2) is 88.8 Å². The monoisotopic (exact) mass is 618 g/mol. The van der Waals surface area contributed by atoms with Crippen molar-refractivity contribution in [3.05, 3.63) is 99.3 Å². The Balaban J connectivity index is 1.12. The van der Waals surface area contributed by atoms with Crippen LogP contribution in [0.25, 0.3) is 42.7 Å². The van der Waals surface area contributed by atoms with E-state index in [1.807, 2.05) is 12.1 Å². The van der Waals surface area contributed by atoms with Crippen LogP contribution in [0.5, 0.6) is 0 Å². The van der Waals surface area contributed by atoms with E-state index in [9.17, 15) is 9.90 Å². The molecule has 4 heterocycles. The van der Waals surface area contributed by atoms with Crippen LogP contribution < -0.4 is 19.7 Å². The number of thiophene rings is 2. The van der Waals surface area contributed by atoms with Crippen LogP contribution in [-0.2, 0) is 4.79 Å². The highest BCUT2D eigenvalue weighted by Crippen LogP contribution is 2.42. The highest BCUT2D eigenvalue weighted by molar-refractivity contribution is 7.22. The molecule has 0 unspecified atom stereocenters. The Labute approximate surface area is 264 Å². The minimum Gasteiger partial charge on any atom is -0.506 e. The first kappa shape index (κ1) is 28.4. The van der Waals surface area contributed by atoms with Gasteiger partial charge in [0.25, 0.3) is 0 Å². The number of benzene rings is 2. The van der Waals surface area contributed by atoms with Crippen LogP contribution in [0.3, 0.4) is 0 Å². The Morgan fingerprint density at radius 1 is 0.750 bits per heavy atom. The van der Waals surface area contributed by atoms with Gasteiger partial charge in [-0.15, -0.1) is 22.7 Å². The molecule has 0 amide bonds. The predicted octanol–water partition coefficient (Wildman–Crippen LogP) is 7.54. The van der Waals surface area contributed by atoms with Gasteiger partial charge in [0.05, 0.1) is 42.6 Å². The Kier molecular flexibility index (Phi) is 7.26. The third-order valence-corrected chi connectivity index (χ3v) is 10.8. The van der Waals surface area contributed by atoms with E-state index in [4.69, 9.17) is 4.99 Å². The van der Waals surface area contributed by atoms with E-state index in [0.717, 1.165) is 67.2 Å². The number of nitrogens with zero attached hydrogens (tertiary/aromatic N) is 3. The quantitative estimate of drug-likeness (QED) is 0.168. The molecule has 0 saturated heterocycles. The Hall–Kier alpha value is -4.40. The maximum absolute atomic E-state index is 13.3. The molecule has 8 heteroatoms. The summed E-state index contributed by atoms with van der Waals surface area (Å²) in [5, 5.41) is 11.9. The zero-order chi connectivity index (χ0) is 30.5. The van der Waals surface area contributed by atoms with Crippen molar-refractivity contribution in [1.29, 1.82) is 0 Å². The van der Waals surface area contributed by atoms with Crippen LogP contribution in [-0.4, -0.2) is 42.1 Å². The number of H-pyrrole nitrogens is 1. The van der Waals surface area contributed by atoms with Crippen molar-refractivity contribution in [3.63, 3.8) is 0 Å². The number of aliphatic hydroxyl groups excluding tert-OH is 1. The maximum Gasteiger partial charge on any atom is 0.204 e. The maximum atomic E-state index is 13.3. The molecule has 0 spiro atoms. The number of carbonyl (C=O) groups is 1. The number of ketones is 1. The van der Waals surface area contributed by atoms with Crippen molar-refractivity contribution in [2.24, 2.45) is 4.99 Å². The van der Waals surface area contributed by atoms with Gasteiger partial charge in [0.1, 0.15) is 5.76 Å². The fourth-order valence-corrected chi connectivity index (χ4v) is 8.19. The fraction of sp³-hybridized carbons (Fsp3) is 0.222. The lowest BCUT2D eigenvalue weighted by Gasteiger charge is -2.21. The predicted molar refractivity (Wildman–Crippen MR) is 185 cm³/mol. The Bertz CT molecular complexity index is 2020. The first-order valence-corrected chi connectivity index (χ1v) is 16.8. The topological polar surface area (TPSA) is 71.9 Å². The van der Waals surface area contributed by atoms with E-state index in [2.05, 4.69) is 103 Å². The third-order valence-electron chi connectivity index (χ3n) is 8.57. The van der Waals surface area contributed by atoms with E-state index >= 15 is 0 Å². The second-order valence-corrected chi connectivity index (χ2v) is 13.1. The number of allylic oxidation sites excluding steroid dienone is 3. The van der Waals surface area contributed by atoms with E-state index < -0.39 is 0 Å². The molecule has 2 aliphatic rings. The molecule has 222 valence electrons. The van der Waals surface area contributed by atoms with Gasteiger partial charge in [-0.2, -0.15) is 0 Å². The molecule has 6 nitrogen and oxygen atoms in total. The molecular weight excluding hydrogens is 585 g/mol. The minimum atomic E-state index is -0.180. The highest BCUT2D eigenvalue weighted by atomic mass is 32.1. The standard InChI is InChI=1S/C36H34N4O2S2/c1-5-39(6-2)23-13-9-21(10-14-23)29-17-25-31(43-29)19-27(37-25)33-35(41)34(36(33)42)28-20-32-26(38-28)18-30(44-32)22-11-15-24(16-12-22)40(7-3)8-4/h9-20,37,41H,5-8H2,1-4H3/b34-28+. The van der Waals surface area contributed by atoms with Gasteiger partial charge in [0.2, 0.25) is 5.78 Å². The van der Waals surface area contributed by atoms with Gasteiger partial charge in [-0.3, -0.25) is 4.79 Å². The van der Waals surface area contributed by atoms with E-state index in [0.29, 0.717) is 22.5 Å². The highest BCUT2D eigenvalue weighted by Gasteiger charge is 2.38. The lowest BCUT2D eigenvalue weighted by molar-refractivity contribution is -0.111. The fourth-order valence-electron chi connectivity index (χ4n) is 6.08. The summed E-state index contributed by atoms with van der Waals surface area (Å²) in [6.45, 7) is 12.6. The molecular formula is C36H34N4O2S2. The zero-order valence-electron chi connectivity index (χ0n) is 25.3. The molecule has 0 bridgehead atoms. The SMILES string of the molecule is CCN(CC)c1ccc(-c2cc3c(s2)=C/C(=C2\C(=O)C(c4cc5sc(-c6ccc(N(CC)CC)cc6)cc5[nH]4)=C2O)N=3)cc1. The second kappa shape index (κ2) is 11.3. The molecule has 2 N–H and O–H groups in total. The summed E-state index contributed by atoms with van der Waals surface area (Å²) in [6, 6.07) is 23.4. The van der Waals surface area contributed by atoms with Crippen molar-refractivity contribution in [3.8, 4) is 20.9 Å². The lowest BCUT2D eigenvalue weighted by Crippen LogP contribution is -2.22. The number of Topliss-reactive ketones (excluding diaryl/α,β-unsaturated/α-hetero) is 1. The molecule has 5 aromatic rings. The average Bonchev–Trinajstić information content (AvgIpc) is 3.80. The number of carbonyl (C=O) groups excluding carboxylic acids is 1.